The smallest absolute Gasteiger partial charge is 0.246 e. The summed E-state index contributed by atoms with van der Waals surface area (Å²) in [5, 5.41) is 0.295. The molecule has 1 aromatic carbocycles. The van der Waals surface area contributed by atoms with E-state index in [4.69, 9.17) is 16.3 Å². The summed E-state index contributed by atoms with van der Waals surface area (Å²) >= 11 is 6.14. The third kappa shape index (κ3) is 4.79. The number of methoxy groups -OCH3 is 1. The lowest BCUT2D eigenvalue weighted by Crippen LogP contribution is -2.49. The Morgan fingerprint density at radius 1 is 1.24 bits per heavy atom. The minimum Gasteiger partial charge on any atom is -0.495 e. The third-order valence-electron chi connectivity index (χ3n) is 4.37. The van der Waals surface area contributed by atoms with E-state index in [1.54, 1.807) is 24.0 Å². The molecule has 1 unspecified atom stereocenters. The predicted octanol–water partition coefficient (Wildman–Crippen LogP) is 2.91. The Bertz CT molecular complexity index is 715. The number of carbonyl (C=O) groups is 1. The van der Waals surface area contributed by atoms with E-state index in [1.165, 1.54) is 13.2 Å². The number of anilines is 1. The fourth-order valence-corrected chi connectivity index (χ4v) is 4.56. The quantitative estimate of drug-likeness (QED) is 0.777. The standard InChI is InChI=1S/C17H25ClN2O4S/c1-13(17(21)19-10-6-4-5-7-11-19)20(25(3,22)23)14-8-9-16(24-2)15(18)12-14/h8-9,12-13H,4-7,10-11H2,1-3H3. The Morgan fingerprint density at radius 2 is 1.84 bits per heavy atom. The molecular formula is C17H25ClN2O4S. The van der Waals surface area contributed by atoms with Gasteiger partial charge in [0.25, 0.3) is 0 Å². The maximum absolute atomic E-state index is 12.9. The van der Waals surface area contributed by atoms with E-state index < -0.39 is 16.1 Å². The van der Waals surface area contributed by atoms with Crippen LogP contribution >= 0.6 is 11.6 Å². The van der Waals surface area contributed by atoms with Crippen molar-refractivity contribution in [3.63, 3.8) is 0 Å². The van der Waals surface area contributed by atoms with Gasteiger partial charge in [-0.3, -0.25) is 9.10 Å². The van der Waals surface area contributed by atoms with E-state index in [9.17, 15) is 13.2 Å². The van der Waals surface area contributed by atoms with Crippen molar-refractivity contribution in [2.24, 2.45) is 0 Å². The molecule has 0 radical (unpaired) electrons. The van der Waals surface area contributed by atoms with Crippen molar-refractivity contribution in [3.05, 3.63) is 23.2 Å². The maximum atomic E-state index is 12.9. The third-order valence-corrected chi connectivity index (χ3v) is 5.91. The second kappa shape index (κ2) is 8.27. The molecule has 1 heterocycles. The molecule has 0 bridgehead atoms. The number of carbonyl (C=O) groups excluding carboxylic acids is 1. The lowest BCUT2D eigenvalue weighted by molar-refractivity contribution is -0.131. The first-order valence-corrected chi connectivity index (χ1v) is 10.6. The minimum atomic E-state index is -3.66. The number of ether oxygens (including phenoxy) is 1. The van der Waals surface area contributed by atoms with Crippen molar-refractivity contribution in [3.8, 4) is 5.75 Å². The topological polar surface area (TPSA) is 66.9 Å². The average Bonchev–Trinajstić information content (AvgIpc) is 2.82. The summed E-state index contributed by atoms with van der Waals surface area (Å²) in [7, 11) is -2.17. The summed E-state index contributed by atoms with van der Waals surface area (Å²) in [4.78, 5) is 14.6. The molecule has 1 aromatic rings. The summed E-state index contributed by atoms with van der Waals surface area (Å²) in [6.07, 6.45) is 5.19. The van der Waals surface area contributed by atoms with Gasteiger partial charge in [0.2, 0.25) is 15.9 Å². The van der Waals surface area contributed by atoms with Gasteiger partial charge in [-0.05, 0) is 38.0 Å². The number of likely N-dealkylation sites (tertiary alicyclic amines) is 1. The van der Waals surface area contributed by atoms with E-state index in [0.29, 0.717) is 29.5 Å². The highest BCUT2D eigenvalue weighted by atomic mass is 35.5. The SMILES string of the molecule is COc1ccc(N(C(C)C(=O)N2CCCCCC2)S(C)(=O)=O)cc1Cl. The summed E-state index contributed by atoms with van der Waals surface area (Å²) in [5.74, 6) is 0.268. The van der Waals surface area contributed by atoms with E-state index >= 15 is 0 Å². The van der Waals surface area contributed by atoms with Crippen molar-refractivity contribution < 1.29 is 17.9 Å². The molecule has 8 heteroatoms. The van der Waals surface area contributed by atoms with Crippen LogP contribution in [0.5, 0.6) is 5.75 Å². The van der Waals surface area contributed by atoms with Gasteiger partial charge in [0.1, 0.15) is 11.8 Å². The second-order valence-corrected chi connectivity index (χ2v) is 8.56. The summed E-state index contributed by atoms with van der Waals surface area (Å²) < 4.78 is 31.0. The van der Waals surface area contributed by atoms with Crippen LogP contribution in [0.1, 0.15) is 32.6 Å². The first kappa shape index (κ1) is 19.8. The number of rotatable bonds is 5. The highest BCUT2D eigenvalue weighted by molar-refractivity contribution is 7.92. The molecule has 0 aromatic heterocycles. The van der Waals surface area contributed by atoms with Gasteiger partial charge in [0.15, 0.2) is 0 Å². The van der Waals surface area contributed by atoms with Gasteiger partial charge >= 0.3 is 0 Å². The summed E-state index contributed by atoms with van der Waals surface area (Å²) in [6.45, 7) is 2.96. The van der Waals surface area contributed by atoms with Crippen molar-refractivity contribution >= 4 is 33.2 Å². The molecule has 1 amide bonds. The minimum absolute atomic E-state index is 0.181. The van der Waals surface area contributed by atoms with Gasteiger partial charge < -0.3 is 9.64 Å². The number of nitrogens with zero attached hydrogens (tertiary/aromatic N) is 2. The zero-order valence-electron chi connectivity index (χ0n) is 14.9. The molecule has 1 aliphatic heterocycles. The van der Waals surface area contributed by atoms with Gasteiger partial charge in [-0.1, -0.05) is 24.4 Å². The van der Waals surface area contributed by atoms with Crippen LogP contribution in [-0.4, -0.2) is 51.7 Å². The molecule has 1 saturated heterocycles. The van der Waals surface area contributed by atoms with Gasteiger partial charge in [0.05, 0.1) is 24.1 Å². The first-order chi connectivity index (χ1) is 11.8. The van der Waals surface area contributed by atoms with Crippen LogP contribution in [0.25, 0.3) is 0 Å². The van der Waals surface area contributed by atoms with E-state index in [1.807, 2.05) is 0 Å². The molecule has 1 atom stereocenters. The van der Waals surface area contributed by atoms with Gasteiger partial charge in [-0.25, -0.2) is 8.42 Å². The van der Waals surface area contributed by atoms with Crippen LogP contribution in [0, 0.1) is 0 Å². The number of sulfonamides is 1. The molecular weight excluding hydrogens is 364 g/mol. The predicted molar refractivity (Wildman–Crippen MR) is 99.8 cm³/mol. The van der Waals surface area contributed by atoms with Crippen LogP contribution in [0.2, 0.25) is 5.02 Å². The second-order valence-electron chi connectivity index (χ2n) is 6.29. The molecule has 2 rings (SSSR count). The fourth-order valence-electron chi connectivity index (χ4n) is 3.15. The fraction of sp³-hybridized carbons (Fsp3) is 0.588. The molecule has 1 aliphatic rings. The van der Waals surface area contributed by atoms with E-state index in [2.05, 4.69) is 0 Å². The summed E-state index contributed by atoms with van der Waals surface area (Å²) in [5.41, 5.74) is 0.351. The van der Waals surface area contributed by atoms with Gasteiger partial charge in [-0.15, -0.1) is 0 Å². The molecule has 0 N–H and O–H groups in total. The summed E-state index contributed by atoms with van der Waals surface area (Å²) in [6, 6.07) is 3.86. The number of halogens is 1. The molecule has 0 spiro atoms. The molecule has 140 valence electrons. The van der Waals surface area contributed by atoms with Crippen molar-refractivity contribution in [2.45, 2.75) is 38.6 Å². The normalized spacial score (nSPS) is 16.9. The average molecular weight is 389 g/mol. The largest absolute Gasteiger partial charge is 0.495 e. The number of hydrogen-bond donors (Lipinski definition) is 0. The molecule has 0 aliphatic carbocycles. The Labute approximate surface area is 154 Å². The van der Waals surface area contributed by atoms with Crippen LogP contribution in [0.15, 0.2) is 18.2 Å². The van der Waals surface area contributed by atoms with Crippen molar-refractivity contribution in [1.29, 1.82) is 0 Å². The van der Waals surface area contributed by atoms with Gasteiger partial charge in [0, 0.05) is 13.1 Å². The Hall–Kier alpha value is -1.47. The Kier molecular flexibility index (Phi) is 6.57. The monoisotopic (exact) mass is 388 g/mol. The number of benzene rings is 1. The highest BCUT2D eigenvalue weighted by Gasteiger charge is 2.32. The van der Waals surface area contributed by atoms with Crippen LogP contribution < -0.4 is 9.04 Å². The van der Waals surface area contributed by atoms with E-state index in [0.717, 1.165) is 36.2 Å². The number of amides is 1. The van der Waals surface area contributed by atoms with Crippen molar-refractivity contribution in [2.75, 3.05) is 30.8 Å². The van der Waals surface area contributed by atoms with E-state index in [-0.39, 0.29) is 5.91 Å². The lowest BCUT2D eigenvalue weighted by atomic mass is 10.2. The first-order valence-electron chi connectivity index (χ1n) is 8.37. The van der Waals surface area contributed by atoms with Crippen molar-refractivity contribution in [1.82, 2.24) is 4.90 Å². The Morgan fingerprint density at radius 3 is 2.32 bits per heavy atom. The van der Waals surface area contributed by atoms with Gasteiger partial charge in [-0.2, -0.15) is 0 Å². The maximum Gasteiger partial charge on any atom is 0.246 e. The molecule has 0 saturated carbocycles. The molecule has 6 nitrogen and oxygen atoms in total. The van der Waals surface area contributed by atoms with Crippen LogP contribution in [0.3, 0.4) is 0 Å². The van der Waals surface area contributed by atoms with Crippen LogP contribution in [0.4, 0.5) is 5.69 Å². The lowest BCUT2D eigenvalue weighted by Gasteiger charge is -2.32. The molecule has 25 heavy (non-hydrogen) atoms. The highest BCUT2D eigenvalue weighted by Crippen LogP contribution is 2.31. The Balaban J connectivity index is 2.33. The zero-order valence-corrected chi connectivity index (χ0v) is 16.4. The number of hydrogen-bond acceptors (Lipinski definition) is 4. The molecule has 1 fully saturated rings. The zero-order chi connectivity index (χ0) is 18.6. The van der Waals surface area contributed by atoms with Crippen LogP contribution in [-0.2, 0) is 14.8 Å².